The van der Waals surface area contributed by atoms with Crippen molar-refractivity contribution in [2.45, 2.75) is 0 Å². The second-order valence-corrected chi connectivity index (χ2v) is 6.59. The number of carbonyl (C=O) groups is 1. The quantitative estimate of drug-likeness (QED) is 0.552. The van der Waals surface area contributed by atoms with Crippen LogP contribution < -0.4 is 14.8 Å². The first kappa shape index (κ1) is 17.9. The van der Waals surface area contributed by atoms with Gasteiger partial charge in [0.25, 0.3) is 11.9 Å². The predicted octanol–water partition coefficient (Wildman–Crippen LogP) is 3.87. The number of ether oxygens (including phenoxy) is 2. The number of thiazole rings is 1. The summed E-state index contributed by atoms with van der Waals surface area (Å²) in [6.07, 6.45) is 0. The second kappa shape index (κ2) is 7.28. The summed E-state index contributed by atoms with van der Waals surface area (Å²) in [6, 6.07) is 11.2. The van der Waals surface area contributed by atoms with Gasteiger partial charge in [-0.05, 0) is 36.4 Å². The average molecular weight is 398 g/mol. The van der Waals surface area contributed by atoms with Crippen LogP contribution in [0.2, 0.25) is 0 Å². The minimum atomic E-state index is -0.448. The van der Waals surface area contributed by atoms with Crippen LogP contribution in [0.3, 0.4) is 0 Å². The van der Waals surface area contributed by atoms with Gasteiger partial charge in [0.15, 0.2) is 0 Å². The Morgan fingerprint density at radius 2 is 1.79 bits per heavy atom. The fourth-order valence-electron chi connectivity index (χ4n) is 2.79. The third-order valence-corrected chi connectivity index (χ3v) is 4.92. The highest BCUT2D eigenvalue weighted by Gasteiger charge is 2.20. The Kier molecular flexibility index (Phi) is 4.66. The van der Waals surface area contributed by atoms with Crippen molar-refractivity contribution < 1.29 is 18.7 Å². The smallest absolute Gasteiger partial charge is 0.265 e. The van der Waals surface area contributed by atoms with Gasteiger partial charge < -0.3 is 9.47 Å². The molecule has 0 saturated heterocycles. The van der Waals surface area contributed by atoms with Crippen LogP contribution in [0, 0.1) is 5.82 Å². The number of fused-ring (bicyclic) bond motifs is 1. The first-order valence-electron chi connectivity index (χ1n) is 8.23. The maximum atomic E-state index is 13.2. The number of nitrogens with one attached hydrogen (secondary N) is 1. The number of halogens is 1. The number of hydrogen-bond acceptors (Lipinski definition) is 6. The zero-order chi connectivity index (χ0) is 19.7. The van der Waals surface area contributed by atoms with E-state index in [2.05, 4.69) is 15.4 Å². The van der Waals surface area contributed by atoms with Gasteiger partial charge in [-0.1, -0.05) is 6.07 Å². The van der Waals surface area contributed by atoms with Crippen LogP contribution in [0.15, 0.2) is 47.8 Å². The highest BCUT2D eigenvalue weighted by Crippen LogP contribution is 2.30. The van der Waals surface area contributed by atoms with Gasteiger partial charge in [0, 0.05) is 10.9 Å². The molecule has 1 amide bonds. The summed E-state index contributed by atoms with van der Waals surface area (Å²) < 4.78 is 25.3. The van der Waals surface area contributed by atoms with Crippen LogP contribution in [0.1, 0.15) is 10.4 Å². The number of carbonyl (C=O) groups excluding carboxylic acids is 1. The van der Waals surface area contributed by atoms with Gasteiger partial charge in [-0.2, -0.15) is 4.98 Å². The minimum absolute atomic E-state index is 0.146. The van der Waals surface area contributed by atoms with Crippen LogP contribution in [0.25, 0.3) is 16.2 Å². The molecule has 1 N–H and O–H groups in total. The van der Waals surface area contributed by atoms with Gasteiger partial charge in [-0.15, -0.1) is 16.4 Å². The molecule has 0 saturated carbocycles. The van der Waals surface area contributed by atoms with Crippen molar-refractivity contribution in [3.8, 4) is 22.8 Å². The highest BCUT2D eigenvalue weighted by molar-refractivity contribution is 7.15. The van der Waals surface area contributed by atoms with Gasteiger partial charge in [0.05, 0.1) is 19.9 Å². The lowest BCUT2D eigenvalue weighted by Crippen LogP contribution is -2.15. The van der Waals surface area contributed by atoms with E-state index in [4.69, 9.17) is 9.47 Å². The molecule has 0 aliphatic carbocycles. The summed E-state index contributed by atoms with van der Waals surface area (Å²) in [5.74, 6) is 0.145. The number of nitrogens with zero attached hydrogens (tertiary/aromatic N) is 3. The SMILES string of the molecule is COc1cccc(OC)c1C(=O)Nc1nc2scc(-c3ccc(F)cc3)n2n1. The monoisotopic (exact) mass is 398 g/mol. The van der Waals surface area contributed by atoms with Crippen molar-refractivity contribution in [1.82, 2.24) is 14.6 Å². The van der Waals surface area contributed by atoms with Crippen molar-refractivity contribution in [3.63, 3.8) is 0 Å². The van der Waals surface area contributed by atoms with E-state index in [0.717, 1.165) is 11.3 Å². The third kappa shape index (κ3) is 3.16. The molecule has 2 aromatic carbocycles. The molecule has 0 radical (unpaired) electrons. The summed E-state index contributed by atoms with van der Waals surface area (Å²) in [4.78, 5) is 17.7. The molecule has 4 aromatic rings. The molecule has 0 aliphatic heterocycles. The number of anilines is 1. The van der Waals surface area contributed by atoms with E-state index >= 15 is 0 Å². The largest absolute Gasteiger partial charge is 0.496 e. The summed E-state index contributed by atoms with van der Waals surface area (Å²) in [5.41, 5.74) is 1.80. The number of methoxy groups -OCH3 is 2. The van der Waals surface area contributed by atoms with Crippen LogP contribution in [0.5, 0.6) is 11.5 Å². The van der Waals surface area contributed by atoms with Crippen molar-refractivity contribution in [2.75, 3.05) is 19.5 Å². The molecule has 28 heavy (non-hydrogen) atoms. The maximum absolute atomic E-state index is 13.2. The fourth-order valence-corrected chi connectivity index (χ4v) is 3.62. The topological polar surface area (TPSA) is 77.8 Å². The Balaban J connectivity index is 1.66. The molecule has 4 rings (SSSR count). The van der Waals surface area contributed by atoms with Crippen molar-refractivity contribution in [3.05, 3.63) is 59.2 Å². The van der Waals surface area contributed by atoms with Crippen LogP contribution in [0.4, 0.5) is 10.3 Å². The molecule has 0 bridgehead atoms. The van der Waals surface area contributed by atoms with E-state index < -0.39 is 5.91 Å². The van der Waals surface area contributed by atoms with E-state index in [0.29, 0.717) is 16.5 Å². The first-order chi connectivity index (χ1) is 13.6. The number of hydrogen-bond donors (Lipinski definition) is 1. The summed E-state index contributed by atoms with van der Waals surface area (Å²) in [5, 5.41) is 8.90. The Labute approximate surface area is 163 Å². The van der Waals surface area contributed by atoms with E-state index in [-0.39, 0.29) is 17.3 Å². The van der Waals surface area contributed by atoms with E-state index in [9.17, 15) is 9.18 Å². The molecule has 2 aromatic heterocycles. The third-order valence-electron chi connectivity index (χ3n) is 4.10. The van der Waals surface area contributed by atoms with Gasteiger partial charge >= 0.3 is 0 Å². The predicted molar refractivity (Wildman–Crippen MR) is 104 cm³/mol. The number of amides is 1. The van der Waals surface area contributed by atoms with E-state index in [1.165, 1.54) is 37.7 Å². The molecule has 0 aliphatic rings. The second-order valence-electron chi connectivity index (χ2n) is 5.75. The molecule has 0 atom stereocenters. The first-order valence-corrected chi connectivity index (χ1v) is 9.11. The Hall–Kier alpha value is -3.46. The van der Waals surface area contributed by atoms with Crippen molar-refractivity contribution in [2.24, 2.45) is 0 Å². The standard InChI is InChI=1S/C19H15FN4O3S/c1-26-14-4-3-5-15(27-2)16(14)17(25)21-18-22-19-24(23-18)13(10-28-19)11-6-8-12(20)9-7-11/h3-10H,1-2H3,(H,21,23,25). The molecular weight excluding hydrogens is 383 g/mol. The van der Waals surface area contributed by atoms with E-state index in [1.807, 2.05) is 5.38 Å². The summed E-state index contributed by atoms with van der Waals surface area (Å²) in [6.45, 7) is 0. The normalized spacial score (nSPS) is 10.8. The molecule has 7 nitrogen and oxygen atoms in total. The maximum Gasteiger partial charge on any atom is 0.265 e. The van der Waals surface area contributed by atoms with Gasteiger partial charge in [-0.25, -0.2) is 8.91 Å². The van der Waals surface area contributed by atoms with Crippen molar-refractivity contribution >= 4 is 28.2 Å². The Bertz CT molecular complexity index is 1130. The molecule has 2 heterocycles. The zero-order valence-corrected chi connectivity index (χ0v) is 15.8. The highest BCUT2D eigenvalue weighted by atomic mass is 32.1. The Morgan fingerprint density at radius 3 is 2.43 bits per heavy atom. The molecule has 142 valence electrons. The van der Waals surface area contributed by atoms with E-state index in [1.54, 1.807) is 34.8 Å². The number of rotatable bonds is 5. The Morgan fingerprint density at radius 1 is 1.11 bits per heavy atom. The van der Waals surface area contributed by atoms with Crippen LogP contribution >= 0.6 is 11.3 Å². The van der Waals surface area contributed by atoms with Gasteiger partial charge in [0.2, 0.25) is 4.96 Å². The summed E-state index contributed by atoms with van der Waals surface area (Å²) in [7, 11) is 2.96. The fraction of sp³-hybridized carbons (Fsp3) is 0.105. The zero-order valence-electron chi connectivity index (χ0n) is 15.0. The van der Waals surface area contributed by atoms with Crippen LogP contribution in [-0.2, 0) is 0 Å². The number of aromatic nitrogens is 3. The lowest BCUT2D eigenvalue weighted by atomic mass is 10.1. The molecule has 0 unspecified atom stereocenters. The molecule has 0 fully saturated rings. The lowest BCUT2D eigenvalue weighted by Gasteiger charge is -2.11. The van der Waals surface area contributed by atoms with Crippen LogP contribution in [-0.4, -0.2) is 34.7 Å². The molecular formula is C19H15FN4O3S. The number of benzene rings is 2. The minimum Gasteiger partial charge on any atom is -0.496 e. The van der Waals surface area contributed by atoms with Crippen molar-refractivity contribution in [1.29, 1.82) is 0 Å². The average Bonchev–Trinajstić information content (AvgIpc) is 3.28. The lowest BCUT2D eigenvalue weighted by molar-refractivity contribution is 0.102. The molecule has 0 spiro atoms. The van der Waals surface area contributed by atoms with Gasteiger partial charge in [0.1, 0.15) is 22.9 Å². The molecule has 9 heteroatoms. The summed E-state index contributed by atoms with van der Waals surface area (Å²) >= 11 is 1.37. The van der Waals surface area contributed by atoms with Gasteiger partial charge in [-0.3, -0.25) is 10.1 Å².